The topological polar surface area (TPSA) is 44.8 Å². The van der Waals surface area contributed by atoms with Crippen molar-refractivity contribution in [2.24, 2.45) is 0 Å². The van der Waals surface area contributed by atoms with Gasteiger partial charge in [0.15, 0.2) is 0 Å². The molecule has 0 unspecified atom stereocenters. The number of hydrogen-bond donors (Lipinski definition) is 0. The van der Waals surface area contributed by atoms with Gasteiger partial charge in [-0.3, -0.25) is 4.79 Å². The van der Waals surface area contributed by atoms with E-state index in [0.29, 0.717) is 13.0 Å². The van der Waals surface area contributed by atoms with E-state index in [1.807, 2.05) is 12.1 Å². The highest BCUT2D eigenvalue weighted by Crippen LogP contribution is 2.37. The van der Waals surface area contributed by atoms with E-state index < -0.39 is 8.32 Å². The fourth-order valence-corrected chi connectivity index (χ4v) is 8.81. The molecular formula is C25H32O4Si. The van der Waals surface area contributed by atoms with Crippen LogP contribution in [0.4, 0.5) is 0 Å². The molecule has 1 aliphatic rings. The SMILES string of the molecule is CC(=O)O[C@H]1C=CO[C@@H](CCO[Si](c2ccccc2)(c2ccccc2)C(C)(C)C)C1. The molecule has 4 nitrogen and oxygen atoms in total. The van der Waals surface area contributed by atoms with Gasteiger partial charge in [-0.15, -0.1) is 0 Å². The second kappa shape index (κ2) is 9.62. The largest absolute Gasteiger partial charge is 0.498 e. The lowest BCUT2D eigenvalue weighted by molar-refractivity contribution is -0.146. The van der Waals surface area contributed by atoms with E-state index in [-0.39, 0.29) is 23.2 Å². The Kier molecular flexibility index (Phi) is 7.16. The van der Waals surface area contributed by atoms with Crippen LogP contribution in [-0.2, 0) is 18.7 Å². The molecular weight excluding hydrogens is 392 g/mol. The van der Waals surface area contributed by atoms with E-state index >= 15 is 0 Å². The number of carbonyl (C=O) groups is 1. The summed E-state index contributed by atoms with van der Waals surface area (Å²) in [5.41, 5.74) is 0. The Labute approximate surface area is 181 Å². The van der Waals surface area contributed by atoms with E-state index in [0.717, 1.165) is 6.42 Å². The average molecular weight is 425 g/mol. The number of ether oxygens (including phenoxy) is 2. The Morgan fingerprint density at radius 1 is 1.03 bits per heavy atom. The zero-order valence-corrected chi connectivity index (χ0v) is 19.3. The molecule has 0 N–H and O–H groups in total. The highest BCUT2D eigenvalue weighted by atomic mass is 28.4. The summed E-state index contributed by atoms with van der Waals surface area (Å²) in [7, 11) is -2.54. The first-order valence-corrected chi connectivity index (χ1v) is 12.5. The van der Waals surface area contributed by atoms with Crippen LogP contribution in [0.2, 0.25) is 5.04 Å². The summed E-state index contributed by atoms with van der Waals surface area (Å²) in [4.78, 5) is 11.3. The van der Waals surface area contributed by atoms with Crippen molar-refractivity contribution < 1.29 is 18.7 Å². The molecule has 0 saturated heterocycles. The maximum absolute atomic E-state index is 11.3. The van der Waals surface area contributed by atoms with Crippen LogP contribution in [0.15, 0.2) is 73.0 Å². The number of rotatable bonds is 7. The van der Waals surface area contributed by atoms with E-state index in [4.69, 9.17) is 13.9 Å². The first-order chi connectivity index (χ1) is 14.3. The summed E-state index contributed by atoms with van der Waals surface area (Å²) in [5.74, 6) is -0.270. The Balaban J connectivity index is 1.82. The second-order valence-corrected chi connectivity index (χ2v) is 13.1. The van der Waals surface area contributed by atoms with E-state index in [2.05, 4.69) is 69.3 Å². The van der Waals surface area contributed by atoms with Crippen molar-refractivity contribution in [3.63, 3.8) is 0 Å². The highest BCUT2D eigenvalue weighted by Gasteiger charge is 2.50. The van der Waals surface area contributed by atoms with Crippen molar-refractivity contribution in [2.45, 2.75) is 57.8 Å². The standard InChI is InChI=1S/C25H32O4Si/c1-20(26)29-22-15-17-27-21(19-22)16-18-28-30(25(2,3)4,23-11-7-5-8-12-23)24-13-9-6-10-14-24/h5-15,17,21-22H,16,18-19H2,1-4H3/t21-,22-/m0/s1. The number of hydrogen-bond acceptors (Lipinski definition) is 4. The van der Waals surface area contributed by atoms with Crippen LogP contribution in [0, 0.1) is 0 Å². The average Bonchev–Trinajstić information content (AvgIpc) is 2.71. The molecule has 30 heavy (non-hydrogen) atoms. The molecule has 0 fully saturated rings. The van der Waals surface area contributed by atoms with Crippen LogP contribution >= 0.6 is 0 Å². The minimum atomic E-state index is -2.54. The summed E-state index contributed by atoms with van der Waals surface area (Å²) >= 11 is 0. The van der Waals surface area contributed by atoms with Crippen LogP contribution < -0.4 is 10.4 Å². The third-order valence-corrected chi connectivity index (χ3v) is 10.6. The van der Waals surface area contributed by atoms with Crippen LogP contribution in [0.5, 0.6) is 0 Å². The molecule has 1 heterocycles. The summed E-state index contributed by atoms with van der Waals surface area (Å²) < 4.78 is 18.0. The molecule has 0 aromatic heterocycles. The van der Waals surface area contributed by atoms with E-state index in [9.17, 15) is 4.79 Å². The molecule has 3 rings (SSSR count). The van der Waals surface area contributed by atoms with Crippen LogP contribution in [0.25, 0.3) is 0 Å². The maximum Gasteiger partial charge on any atom is 0.303 e. The third-order valence-electron chi connectivity index (χ3n) is 5.55. The smallest absolute Gasteiger partial charge is 0.303 e. The van der Waals surface area contributed by atoms with Crippen LogP contribution in [-0.4, -0.2) is 33.1 Å². The molecule has 5 heteroatoms. The number of carbonyl (C=O) groups excluding carboxylic acids is 1. The zero-order chi connectivity index (χ0) is 21.6. The van der Waals surface area contributed by atoms with Gasteiger partial charge in [-0.05, 0) is 21.5 Å². The third kappa shape index (κ3) is 5.02. The first kappa shape index (κ1) is 22.3. The molecule has 0 saturated carbocycles. The van der Waals surface area contributed by atoms with Crippen molar-refractivity contribution in [1.82, 2.24) is 0 Å². The van der Waals surface area contributed by atoms with Gasteiger partial charge in [-0.25, -0.2) is 0 Å². The fourth-order valence-electron chi connectivity index (χ4n) is 4.23. The Morgan fingerprint density at radius 3 is 2.10 bits per heavy atom. The lowest BCUT2D eigenvalue weighted by Crippen LogP contribution is -2.66. The maximum atomic E-state index is 11.3. The lowest BCUT2D eigenvalue weighted by atomic mass is 10.1. The summed E-state index contributed by atoms with van der Waals surface area (Å²) in [6.45, 7) is 8.84. The monoisotopic (exact) mass is 424 g/mol. The van der Waals surface area contributed by atoms with Gasteiger partial charge in [0.25, 0.3) is 8.32 Å². The first-order valence-electron chi connectivity index (χ1n) is 10.6. The van der Waals surface area contributed by atoms with E-state index in [1.54, 1.807) is 12.3 Å². The molecule has 0 amide bonds. The molecule has 1 aliphatic heterocycles. The van der Waals surface area contributed by atoms with Gasteiger partial charge in [0.05, 0.1) is 6.26 Å². The Morgan fingerprint density at radius 2 is 1.60 bits per heavy atom. The van der Waals surface area contributed by atoms with E-state index in [1.165, 1.54) is 17.3 Å². The predicted molar refractivity (Wildman–Crippen MR) is 122 cm³/mol. The molecule has 160 valence electrons. The van der Waals surface area contributed by atoms with Gasteiger partial charge < -0.3 is 13.9 Å². The minimum absolute atomic E-state index is 0.0300. The molecule has 2 atom stereocenters. The van der Waals surface area contributed by atoms with Crippen LogP contribution in [0.1, 0.15) is 40.5 Å². The van der Waals surface area contributed by atoms with Crippen LogP contribution in [0.3, 0.4) is 0 Å². The molecule has 0 aliphatic carbocycles. The van der Waals surface area contributed by atoms with Gasteiger partial charge in [-0.1, -0.05) is 81.4 Å². The molecule has 2 aromatic carbocycles. The minimum Gasteiger partial charge on any atom is -0.498 e. The number of esters is 1. The van der Waals surface area contributed by atoms with Gasteiger partial charge in [0.2, 0.25) is 0 Å². The summed E-state index contributed by atoms with van der Waals surface area (Å²) in [5, 5.41) is 2.49. The summed E-state index contributed by atoms with van der Waals surface area (Å²) in [6.07, 6.45) is 4.57. The highest BCUT2D eigenvalue weighted by molar-refractivity contribution is 6.99. The Bertz CT molecular complexity index is 803. The van der Waals surface area contributed by atoms with Gasteiger partial charge in [-0.2, -0.15) is 0 Å². The quantitative estimate of drug-likeness (QED) is 0.494. The number of benzene rings is 2. The van der Waals surface area contributed by atoms with Crippen molar-refractivity contribution in [1.29, 1.82) is 0 Å². The van der Waals surface area contributed by atoms with Crippen molar-refractivity contribution >= 4 is 24.7 Å². The van der Waals surface area contributed by atoms with Gasteiger partial charge in [0.1, 0.15) is 12.2 Å². The normalized spacial score (nSPS) is 19.2. The van der Waals surface area contributed by atoms with Crippen molar-refractivity contribution in [3.05, 3.63) is 73.0 Å². The molecule has 0 radical (unpaired) electrons. The molecule has 0 bridgehead atoms. The second-order valence-electron chi connectivity index (χ2n) is 8.77. The zero-order valence-electron chi connectivity index (χ0n) is 18.3. The molecule has 2 aromatic rings. The molecule has 0 spiro atoms. The summed E-state index contributed by atoms with van der Waals surface area (Å²) in [6, 6.07) is 21.2. The van der Waals surface area contributed by atoms with Crippen molar-refractivity contribution in [2.75, 3.05) is 6.61 Å². The van der Waals surface area contributed by atoms with Gasteiger partial charge in [0, 0.05) is 26.4 Å². The lowest BCUT2D eigenvalue weighted by Gasteiger charge is -2.43. The van der Waals surface area contributed by atoms with Crippen molar-refractivity contribution in [3.8, 4) is 0 Å². The van der Waals surface area contributed by atoms with Gasteiger partial charge >= 0.3 is 5.97 Å². The predicted octanol–water partition coefficient (Wildman–Crippen LogP) is 4.19. The Hall–Kier alpha value is -2.37. The fraction of sp³-hybridized carbons (Fsp3) is 0.400.